The van der Waals surface area contributed by atoms with Crippen LogP contribution in [0.25, 0.3) is 0 Å². The summed E-state index contributed by atoms with van der Waals surface area (Å²) in [7, 11) is 3.29. The summed E-state index contributed by atoms with van der Waals surface area (Å²) in [5.41, 5.74) is 0. The smallest absolute Gasteiger partial charge is 0.220 e. The molecule has 0 heterocycles. The Morgan fingerprint density at radius 2 is 0.600 bits per heavy atom. The summed E-state index contributed by atoms with van der Waals surface area (Å²) in [5.74, 6) is -2.09. The highest BCUT2D eigenvalue weighted by Gasteiger charge is 2.49. The summed E-state index contributed by atoms with van der Waals surface area (Å²) in [6.07, 6.45) is 25.1. The van der Waals surface area contributed by atoms with Crippen molar-refractivity contribution in [2.75, 3.05) is 40.6 Å². The molecule has 2 atom stereocenters. The van der Waals surface area contributed by atoms with E-state index < -0.39 is 24.2 Å². The van der Waals surface area contributed by atoms with Crippen LogP contribution in [-0.2, 0) is 33.2 Å². The molecule has 0 aliphatic rings. The van der Waals surface area contributed by atoms with Gasteiger partial charge >= 0.3 is 0 Å². The van der Waals surface area contributed by atoms with Crippen LogP contribution in [0.3, 0.4) is 0 Å². The molecule has 0 bridgehead atoms. The molecule has 2 unspecified atom stereocenters. The van der Waals surface area contributed by atoms with Gasteiger partial charge < -0.3 is 33.2 Å². The third-order valence-electron chi connectivity index (χ3n) is 8.71. The maximum Gasteiger partial charge on any atom is 0.220 e. The molecule has 0 radical (unpaired) electrons. The molecule has 0 aromatic carbocycles. The maximum atomic E-state index is 6.63. The molecule has 0 spiro atoms. The van der Waals surface area contributed by atoms with E-state index in [1.807, 2.05) is 27.7 Å². The van der Waals surface area contributed by atoms with Crippen molar-refractivity contribution in [1.29, 1.82) is 0 Å². The SMILES string of the molecule is CCCCCCCCCCCCC(OCC)(OCC)C(OC)OC(OC)C(CCCCCCCCCCCC)(OCC)OCC. The Morgan fingerprint density at radius 3 is 0.822 bits per heavy atom. The van der Waals surface area contributed by atoms with E-state index in [0.717, 1.165) is 25.7 Å². The third-order valence-corrected chi connectivity index (χ3v) is 8.71. The fourth-order valence-corrected chi connectivity index (χ4v) is 6.36. The molecule has 0 aromatic heterocycles. The van der Waals surface area contributed by atoms with E-state index >= 15 is 0 Å². The normalized spacial score (nSPS) is 13.9. The molecule has 0 N–H and O–H groups in total. The minimum absolute atomic E-state index is 0.485. The van der Waals surface area contributed by atoms with Gasteiger partial charge in [-0.2, -0.15) is 0 Å². The second-order valence-corrected chi connectivity index (χ2v) is 12.5. The molecule has 272 valence electrons. The summed E-state index contributed by atoms with van der Waals surface area (Å²) >= 11 is 0. The summed E-state index contributed by atoms with van der Waals surface area (Å²) in [6, 6.07) is 0. The van der Waals surface area contributed by atoms with Crippen LogP contribution in [0, 0.1) is 0 Å². The number of methoxy groups -OCH3 is 2. The van der Waals surface area contributed by atoms with E-state index in [4.69, 9.17) is 33.2 Å². The highest BCUT2D eigenvalue weighted by Crippen LogP contribution is 2.35. The molecule has 0 aliphatic carbocycles. The largest absolute Gasteiger partial charge is 0.351 e. The van der Waals surface area contributed by atoms with Gasteiger partial charge in [0.2, 0.25) is 24.2 Å². The zero-order valence-electron chi connectivity index (χ0n) is 31.4. The molecule has 0 saturated heterocycles. The van der Waals surface area contributed by atoms with Crippen molar-refractivity contribution in [3.8, 4) is 0 Å². The van der Waals surface area contributed by atoms with E-state index in [1.165, 1.54) is 103 Å². The third kappa shape index (κ3) is 20.0. The number of hydrogen-bond donors (Lipinski definition) is 0. The first kappa shape index (κ1) is 44.7. The van der Waals surface area contributed by atoms with Crippen molar-refractivity contribution in [3.63, 3.8) is 0 Å². The first-order valence-corrected chi connectivity index (χ1v) is 19.3. The standard InChI is InChI=1S/C38H78O7/c1-9-15-17-19-21-23-25-27-29-31-33-37(41-11-3,42-12-4)35(39-7)45-36(40-8)38(43-13-5,44-14-6)34-32-30-28-26-24-22-20-18-16-10-2/h35-36H,9-34H2,1-8H3. The molecule has 7 nitrogen and oxygen atoms in total. The Labute approximate surface area is 280 Å². The van der Waals surface area contributed by atoms with E-state index in [-0.39, 0.29) is 0 Å². The predicted molar refractivity (Wildman–Crippen MR) is 188 cm³/mol. The van der Waals surface area contributed by atoms with Gasteiger partial charge in [-0.1, -0.05) is 129 Å². The van der Waals surface area contributed by atoms with Crippen LogP contribution in [0.15, 0.2) is 0 Å². The minimum Gasteiger partial charge on any atom is -0.351 e. The van der Waals surface area contributed by atoms with Crippen molar-refractivity contribution in [2.45, 2.75) is 207 Å². The van der Waals surface area contributed by atoms with Gasteiger partial charge in [0.05, 0.1) is 0 Å². The first-order valence-electron chi connectivity index (χ1n) is 19.3. The van der Waals surface area contributed by atoms with Crippen LogP contribution in [0.1, 0.15) is 183 Å². The van der Waals surface area contributed by atoms with Crippen molar-refractivity contribution in [3.05, 3.63) is 0 Å². The van der Waals surface area contributed by atoms with Crippen molar-refractivity contribution in [2.24, 2.45) is 0 Å². The van der Waals surface area contributed by atoms with Crippen LogP contribution in [0.2, 0.25) is 0 Å². The zero-order valence-corrected chi connectivity index (χ0v) is 31.4. The minimum atomic E-state index is -1.05. The first-order chi connectivity index (χ1) is 22.0. The second kappa shape index (κ2) is 31.0. The molecule has 0 fully saturated rings. The Bertz CT molecular complexity index is 541. The van der Waals surface area contributed by atoms with E-state index in [9.17, 15) is 0 Å². The molecule has 0 saturated carbocycles. The second-order valence-electron chi connectivity index (χ2n) is 12.5. The fourth-order valence-electron chi connectivity index (χ4n) is 6.36. The topological polar surface area (TPSA) is 64.6 Å². The number of ether oxygens (including phenoxy) is 7. The van der Waals surface area contributed by atoms with Gasteiger partial charge in [0.1, 0.15) is 0 Å². The van der Waals surface area contributed by atoms with Crippen molar-refractivity contribution < 1.29 is 33.2 Å². The number of unbranched alkanes of at least 4 members (excludes halogenated alkanes) is 18. The van der Waals surface area contributed by atoms with Gasteiger partial charge in [0.25, 0.3) is 0 Å². The molecule has 45 heavy (non-hydrogen) atoms. The Kier molecular flexibility index (Phi) is 30.8. The maximum absolute atomic E-state index is 6.63. The van der Waals surface area contributed by atoms with Crippen LogP contribution in [0.5, 0.6) is 0 Å². The Hall–Kier alpha value is -0.280. The fraction of sp³-hybridized carbons (Fsp3) is 1.00. The lowest BCUT2D eigenvalue weighted by Crippen LogP contribution is -2.57. The van der Waals surface area contributed by atoms with Crippen LogP contribution < -0.4 is 0 Å². The van der Waals surface area contributed by atoms with Crippen LogP contribution >= 0.6 is 0 Å². The average Bonchev–Trinajstić information content (AvgIpc) is 3.03. The van der Waals surface area contributed by atoms with Gasteiger partial charge in [-0.15, -0.1) is 0 Å². The van der Waals surface area contributed by atoms with E-state index in [1.54, 1.807) is 14.2 Å². The van der Waals surface area contributed by atoms with Gasteiger partial charge in [-0.05, 0) is 40.5 Å². The predicted octanol–water partition coefficient (Wildman–Crippen LogP) is 11.1. The molecule has 0 aliphatic heterocycles. The lowest BCUT2D eigenvalue weighted by Gasteiger charge is -2.44. The summed E-state index contributed by atoms with van der Waals surface area (Å²) in [6.45, 7) is 14.4. The zero-order chi connectivity index (χ0) is 33.5. The Morgan fingerprint density at radius 1 is 0.356 bits per heavy atom. The molecule has 0 rings (SSSR count). The molecule has 0 amide bonds. The van der Waals surface area contributed by atoms with Gasteiger partial charge in [0.15, 0.2) is 0 Å². The van der Waals surface area contributed by atoms with Gasteiger partial charge in [-0.3, -0.25) is 0 Å². The van der Waals surface area contributed by atoms with Crippen LogP contribution in [0.4, 0.5) is 0 Å². The lowest BCUT2D eigenvalue weighted by molar-refractivity contribution is -0.419. The van der Waals surface area contributed by atoms with E-state index in [0.29, 0.717) is 39.3 Å². The number of rotatable bonds is 36. The van der Waals surface area contributed by atoms with Crippen LogP contribution in [-0.4, -0.2) is 64.8 Å². The molecule has 7 heteroatoms. The molecule has 0 aromatic rings. The molecular weight excluding hydrogens is 568 g/mol. The van der Waals surface area contributed by atoms with Crippen molar-refractivity contribution in [1.82, 2.24) is 0 Å². The highest BCUT2D eigenvalue weighted by molar-refractivity contribution is 4.81. The summed E-state index contributed by atoms with van der Waals surface area (Å²) in [4.78, 5) is 0. The summed E-state index contributed by atoms with van der Waals surface area (Å²) in [5, 5.41) is 0. The molecular formula is C38H78O7. The quantitative estimate of drug-likeness (QED) is 0.0495. The summed E-state index contributed by atoms with van der Waals surface area (Å²) < 4.78 is 44.0. The highest BCUT2D eigenvalue weighted by atomic mass is 16.8. The number of hydrogen-bond acceptors (Lipinski definition) is 7. The van der Waals surface area contributed by atoms with E-state index in [2.05, 4.69) is 13.8 Å². The lowest BCUT2D eigenvalue weighted by atomic mass is 10.0. The van der Waals surface area contributed by atoms with Crippen molar-refractivity contribution >= 4 is 0 Å². The Balaban J connectivity index is 5.35. The van der Waals surface area contributed by atoms with Gasteiger partial charge in [-0.25, -0.2) is 0 Å². The van der Waals surface area contributed by atoms with Gasteiger partial charge in [0, 0.05) is 53.5 Å². The monoisotopic (exact) mass is 647 g/mol. The average molecular weight is 647 g/mol.